The smallest absolute Gasteiger partial charge is 0.469 e. The lowest BCUT2D eigenvalue weighted by Crippen LogP contribution is -2.53. The average molecular weight is 856 g/mol. The van der Waals surface area contributed by atoms with Crippen molar-refractivity contribution in [3.63, 3.8) is 0 Å². The molecule has 1 aromatic carbocycles. The summed E-state index contributed by atoms with van der Waals surface area (Å²) >= 11 is 0. The molecule has 3 fully saturated rings. The molecule has 0 bridgehead atoms. The van der Waals surface area contributed by atoms with E-state index in [-0.39, 0.29) is 50.0 Å². The molecule has 0 aliphatic carbocycles. The fourth-order valence-electron chi connectivity index (χ4n) is 8.30. The van der Waals surface area contributed by atoms with Gasteiger partial charge in [0.05, 0.1) is 43.9 Å². The zero-order valence-corrected chi connectivity index (χ0v) is 35.1. The largest absolute Gasteiger partial charge is 0.494 e. The number of aliphatic carboxylic acids is 3. The third-order valence-corrected chi connectivity index (χ3v) is 11.6. The van der Waals surface area contributed by atoms with E-state index in [0.717, 1.165) is 25.9 Å². The molecule has 1 aromatic heterocycles. The Bertz CT molecular complexity index is 1750. The van der Waals surface area contributed by atoms with Crippen molar-refractivity contribution >= 4 is 47.7 Å². The third-order valence-electron chi connectivity index (χ3n) is 11.6. The molecule has 3 aliphatic rings. The molecule has 6 N–H and O–H groups in total. The molecule has 0 saturated carbocycles. The Labute approximate surface area is 356 Å². The maximum absolute atomic E-state index is 13.6. The van der Waals surface area contributed by atoms with Crippen LogP contribution in [0.3, 0.4) is 0 Å². The van der Waals surface area contributed by atoms with Crippen LogP contribution in [0.25, 0.3) is 10.9 Å². The zero-order valence-electron chi connectivity index (χ0n) is 35.1. The third kappa shape index (κ3) is 15.4. The van der Waals surface area contributed by atoms with E-state index in [1.54, 1.807) is 27.0 Å². The topological polar surface area (TPSA) is 243 Å². The minimum absolute atomic E-state index is 0.0488. The molecule has 0 spiro atoms. The van der Waals surface area contributed by atoms with Crippen molar-refractivity contribution in [3.05, 3.63) is 36.0 Å². The van der Waals surface area contributed by atoms with Gasteiger partial charge in [-0.25, -0.2) is 0 Å². The molecule has 20 nitrogen and oxygen atoms in total. The number of hydrogen-bond acceptors (Lipinski definition) is 15. The second-order valence-electron chi connectivity index (χ2n) is 16.2. The predicted molar refractivity (Wildman–Crippen MR) is 225 cm³/mol. The molecule has 0 radical (unpaired) electrons. The van der Waals surface area contributed by atoms with Gasteiger partial charge in [0.25, 0.3) is 5.91 Å². The molecular weight excluding hydrogens is 793 g/mol. The van der Waals surface area contributed by atoms with Crippen molar-refractivity contribution in [1.29, 1.82) is 0 Å². The van der Waals surface area contributed by atoms with Crippen LogP contribution in [0.5, 0.6) is 5.75 Å². The molecule has 21 heteroatoms. The molecule has 3 aliphatic heterocycles. The number of nitrogens with one attached hydrogen (secondary N) is 1. The first-order valence-electron chi connectivity index (χ1n) is 21.2. The first-order valence-corrected chi connectivity index (χ1v) is 21.2. The first-order chi connectivity index (χ1) is 29.2. The number of piperazine rings is 1. The summed E-state index contributed by atoms with van der Waals surface area (Å²) in [6.45, 7) is 8.97. The van der Waals surface area contributed by atoms with Crippen LogP contribution in [0.2, 0.25) is 0 Å². The lowest BCUT2D eigenvalue weighted by Gasteiger charge is -2.37. The first kappa shape index (κ1) is 47.6. The Kier molecular flexibility index (Phi) is 18.5. The number of rotatable bonds is 18. The summed E-state index contributed by atoms with van der Waals surface area (Å²) in [6, 6.07) is 6.94. The normalized spacial score (nSPS) is 20.4. The number of benzene rings is 1. The van der Waals surface area contributed by atoms with E-state index in [2.05, 4.69) is 15.2 Å². The number of pyridine rings is 1. The number of aromatic nitrogens is 1. The molecule has 2 amide bonds. The summed E-state index contributed by atoms with van der Waals surface area (Å²) in [6.07, 6.45) is 3.92. The number of carboxylic acids is 3. The van der Waals surface area contributed by atoms with E-state index in [9.17, 15) is 49.3 Å². The number of nitrogens with zero attached hydrogens (tertiary/aromatic N) is 8. The summed E-state index contributed by atoms with van der Waals surface area (Å²) in [5, 5.41) is 51.6. The van der Waals surface area contributed by atoms with Gasteiger partial charge in [-0.1, -0.05) is 0 Å². The molecule has 2 aromatic rings. The van der Waals surface area contributed by atoms with Gasteiger partial charge in [0.1, 0.15) is 5.75 Å². The van der Waals surface area contributed by atoms with Crippen LogP contribution in [0, 0.1) is 0 Å². The van der Waals surface area contributed by atoms with Gasteiger partial charge < -0.3 is 45.2 Å². The summed E-state index contributed by atoms with van der Waals surface area (Å²) < 4.78 is 6.11. The zero-order chi connectivity index (χ0) is 43.9. The minimum Gasteiger partial charge on any atom is -0.494 e. The van der Waals surface area contributed by atoms with Crippen LogP contribution in [0.1, 0.15) is 36.5 Å². The number of carbonyl (C=O) groups is 5. The van der Waals surface area contributed by atoms with Crippen molar-refractivity contribution in [1.82, 2.24) is 44.6 Å². The van der Waals surface area contributed by atoms with Crippen molar-refractivity contribution < 1.29 is 54.1 Å². The SMILES string of the molecule is C[C@H](CN1CCC[C@H]1B(O)O)NC(=O)c1ccnc2ccc(OCCCN3CCN(C(=O)CN4CCN(CC(=O)O)CCN(CC(=O)O)CCN(CC(=O)O)CC4)CC3)cc12. The van der Waals surface area contributed by atoms with Crippen molar-refractivity contribution in [3.8, 4) is 5.75 Å². The van der Waals surface area contributed by atoms with Gasteiger partial charge in [-0.3, -0.25) is 53.5 Å². The van der Waals surface area contributed by atoms with Crippen LogP contribution < -0.4 is 10.1 Å². The van der Waals surface area contributed by atoms with Crippen LogP contribution in [-0.4, -0.2) is 244 Å². The number of hydrogen-bond donors (Lipinski definition) is 6. The summed E-state index contributed by atoms with van der Waals surface area (Å²) in [4.78, 5) is 79.3. The fourth-order valence-corrected chi connectivity index (χ4v) is 8.30. The van der Waals surface area contributed by atoms with E-state index in [4.69, 9.17) is 4.74 Å². The summed E-state index contributed by atoms with van der Waals surface area (Å²) in [5.41, 5.74) is 1.14. The van der Waals surface area contributed by atoms with Crippen molar-refractivity contribution in [2.24, 2.45) is 0 Å². The minimum atomic E-state index is -1.41. The molecule has 2 atom stereocenters. The second-order valence-corrected chi connectivity index (χ2v) is 16.2. The van der Waals surface area contributed by atoms with Crippen molar-refractivity contribution in [2.75, 3.05) is 131 Å². The number of fused-ring (bicyclic) bond motifs is 1. The van der Waals surface area contributed by atoms with E-state index in [1.165, 1.54) is 0 Å². The maximum Gasteiger partial charge on any atom is 0.469 e. The highest BCUT2D eigenvalue weighted by Gasteiger charge is 2.34. The van der Waals surface area contributed by atoms with Gasteiger partial charge in [-0.05, 0) is 57.0 Å². The van der Waals surface area contributed by atoms with E-state index in [0.29, 0.717) is 120 Å². The monoisotopic (exact) mass is 855 g/mol. The number of carbonyl (C=O) groups excluding carboxylic acids is 2. The Morgan fingerprint density at radius 3 is 1.84 bits per heavy atom. The van der Waals surface area contributed by atoms with E-state index in [1.807, 2.05) is 39.8 Å². The van der Waals surface area contributed by atoms with Gasteiger partial charge in [0.2, 0.25) is 5.91 Å². The van der Waals surface area contributed by atoms with Crippen LogP contribution in [-0.2, 0) is 19.2 Å². The van der Waals surface area contributed by atoms with Gasteiger partial charge in [0.15, 0.2) is 0 Å². The standard InChI is InChI=1S/C40H62BN9O11/c1-30(25-50-10-2-4-35(50)41(59)60)43-40(58)32-7-8-42-34-6-5-31(24-33(32)34)61-23-3-9-44-19-21-49(22-20-44)36(51)26-45-11-13-46(27-37(52)53)15-17-48(29-39(56)57)18-16-47(14-12-45)28-38(54)55/h5-8,24,30,35,59-60H,2-4,9-23,25-29H2,1H3,(H,43,58)(H,52,53)(H,54,55)(H,56,57)/t30-,35+/m1/s1. The molecular formula is C40H62BN9O11. The Morgan fingerprint density at radius 1 is 0.754 bits per heavy atom. The molecule has 5 rings (SSSR count). The molecule has 4 heterocycles. The Hall–Kier alpha value is -4.48. The molecule has 0 unspecified atom stereocenters. The van der Waals surface area contributed by atoms with Crippen LogP contribution in [0.4, 0.5) is 0 Å². The highest BCUT2D eigenvalue weighted by molar-refractivity contribution is 6.43. The number of carboxylic acid groups (broad SMARTS) is 3. The van der Waals surface area contributed by atoms with Crippen LogP contribution >= 0.6 is 0 Å². The van der Waals surface area contributed by atoms with Gasteiger partial charge in [0, 0.05) is 115 Å². The maximum atomic E-state index is 13.6. The van der Waals surface area contributed by atoms with E-state index < -0.39 is 25.0 Å². The highest BCUT2D eigenvalue weighted by Crippen LogP contribution is 2.24. The molecule has 3 saturated heterocycles. The fraction of sp³-hybridized carbons (Fsp3) is 0.650. The Morgan fingerprint density at radius 2 is 1.30 bits per heavy atom. The molecule has 336 valence electrons. The lowest BCUT2D eigenvalue weighted by molar-refractivity contribution is -0.141. The highest BCUT2D eigenvalue weighted by atomic mass is 16.5. The number of ether oxygens (including phenoxy) is 1. The van der Waals surface area contributed by atoms with Crippen molar-refractivity contribution in [2.45, 2.75) is 38.2 Å². The van der Waals surface area contributed by atoms with Gasteiger partial charge in [-0.2, -0.15) is 0 Å². The number of amides is 2. The Balaban J connectivity index is 1.08. The average Bonchev–Trinajstić information content (AvgIpc) is 3.68. The predicted octanol–water partition coefficient (Wildman–Crippen LogP) is -1.78. The molecule has 61 heavy (non-hydrogen) atoms. The summed E-state index contributed by atoms with van der Waals surface area (Å²) in [7, 11) is -1.41. The van der Waals surface area contributed by atoms with Gasteiger partial charge in [-0.15, -0.1) is 0 Å². The van der Waals surface area contributed by atoms with Gasteiger partial charge >= 0.3 is 25.0 Å². The van der Waals surface area contributed by atoms with E-state index >= 15 is 0 Å². The quantitative estimate of drug-likeness (QED) is 0.0717. The van der Waals surface area contributed by atoms with Crippen LogP contribution in [0.15, 0.2) is 30.5 Å². The summed E-state index contributed by atoms with van der Waals surface area (Å²) in [5.74, 6) is -3.02. The lowest BCUT2D eigenvalue weighted by atomic mass is 9.78. The second kappa shape index (κ2) is 23.7. The number of likely N-dealkylation sites (tertiary alicyclic amines) is 1.